The van der Waals surface area contributed by atoms with Crippen LogP contribution in [0.4, 0.5) is 5.69 Å². The Balaban J connectivity index is 1.35. The lowest BCUT2D eigenvalue weighted by Crippen LogP contribution is -2.29. The van der Waals surface area contributed by atoms with E-state index in [-0.39, 0.29) is 25.0 Å². The molecule has 0 saturated carbocycles. The third-order valence-corrected chi connectivity index (χ3v) is 4.77. The summed E-state index contributed by atoms with van der Waals surface area (Å²) < 4.78 is 10.7. The molecule has 1 aliphatic rings. The summed E-state index contributed by atoms with van der Waals surface area (Å²) in [7, 11) is 0. The van der Waals surface area contributed by atoms with E-state index in [0.29, 0.717) is 33.1 Å². The smallest absolute Gasteiger partial charge is 0.338 e. The number of carbonyl (C=O) groups excluding carboxylic acids is 3. The summed E-state index contributed by atoms with van der Waals surface area (Å²) in [5.41, 5.74) is 1.43. The minimum absolute atomic E-state index is 0.0610. The van der Waals surface area contributed by atoms with Gasteiger partial charge in [0.2, 0.25) is 0 Å². The van der Waals surface area contributed by atoms with Crippen molar-refractivity contribution >= 4 is 35.1 Å². The van der Waals surface area contributed by atoms with Crippen LogP contribution in [-0.4, -0.2) is 31.0 Å². The van der Waals surface area contributed by atoms with Crippen LogP contribution in [0.15, 0.2) is 72.8 Å². The summed E-state index contributed by atoms with van der Waals surface area (Å²) in [5, 5.41) is 0.558. The van der Waals surface area contributed by atoms with Crippen molar-refractivity contribution in [2.75, 3.05) is 18.1 Å². The summed E-state index contributed by atoms with van der Waals surface area (Å²) in [4.78, 5) is 38.4. The third kappa shape index (κ3) is 3.90. The van der Waals surface area contributed by atoms with Gasteiger partial charge in [0.15, 0.2) is 0 Å². The lowest BCUT2D eigenvalue weighted by Gasteiger charge is -2.14. The van der Waals surface area contributed by atoms with Crippen molar-refractivity contribution in [3.63, 3.8) is 0 Å². The minimum Gasteiger partial charge on any atom is -0.490 e. The van der Waals surface area contributed by atoms with Crippen molar-refractivity contribution < 1.29 is 23.9 Å². The maximum absolute atomic E-state index is 12.5. The van der Waals surface area contributed by atoms with Gasteiger partial charge in [0.1, 0.15) is 19.0 Å². The predicted molar refractivity (Wildman–Crippen MR) is 111 cm³/mol. The van der Waals surface area contributed by atoms with Crippen molar-refractivity contribution in [1.29, 1.82) is 0 Å². The Hall–Kier alpha value is -3.64. The average Bonchev–Trinajstić information content (AvgIpc) is 3.02. The van der Waals surface area contributed by atoms with Gasteiger partial charge in [-0.05, 0) is 54.6 Å². The first-order valence-electron chi connectivity index (χ1n) is 9.18. The Bertz CT molecular complexity index is 1090. The molecule has 30 heavy (non-hydrogen) atoms. The second-order valence-corrected chi connectivity index (χ2v) is 6.92. The van der Waals surface area contributed by atoms with E-state index in [1.807, 2.05) is 0 Å². The largest absolute Gasteiger partial charge is 0.490 e. The van der Waals surface area contributed by atoms with E-state index >= 15 is 0 Å². The first-order chi connectivity index (χ1) is 14.5. The number of hydrogen-bond donors (Lipinski definition) is 0. The van der Waals surface area contributed by atoms with E-state index in [2.05, 4.69) is 0 Å². The topological polar surface area (TPSA) is 72.9 Å². The van der Waals surface area contributed by atoms with Gasteiger partial charge < -0.3 is 9.47 Å². The molecule has 0 unspecified atom stereocenters. The van der Waals surface area contributed by atoms with Gasteiger partial charge >= 0.3 is 5.97 Å². The molecular weight excluding hydrogens is 406 g/mol. The van der Waals surface area contributed by atoms with Crippen LogP contribution in [0.25, 0.3) is 0 Å². The number of carbonyl (C=O) groups is 3. The Kier molecular flexibility index (Phi) is 5.50. The van der Waals surface area contributed by atoms with Crippen molar-refractivity contribution in [2.24, 2.45) is 0 Å². The normalized spacial score (nSPS) is 12.6. The van der Waals surface area contributed by atoms with Crippen LogP contribution in [-0.2, 0) is 4.74 Å². The molecule has 0 fully saturated rings. The lowest BCUT2D eigenvalue weighted by atomic mass is 10.1. The molecule has 150 valence electrons. The molecule has 2 amide bonds. The highest BCUT2D eigenvalue weighted by atomic mass is 35.5. The van der Waals surface area contributed by atoms with Crippen LogP contribution in [0.5, 0.6) is 5.75 Å². The number of esters is 1. The highest BCUT2D eigenvalue weighted by molar-refractivity contribution is 6.34. The molecule has 0 aromatic heterocycles. The van der Waals surface area contributed by atoms with Crippen LogP contribution in [0.3, 0.4) is 0 Å². The summed E-state index contributed by atoms with van der Waals surface area (Å²) in [5.74, 6) is -0.712. The van der Waals surface area contributed by atoms with Gasteiger partial charge in [-0.25, -0.2) is 9.69 Å². The van der Waals surface area contributed by atoms with Crippen LogP contribution in [0, 0.1) is 0 Å². The fourth-order valence-corrected chi connectivity index (χ4v) is 3.28. The number of hydrogen-bond acceptors (Lipinski definition) is 5. The zero-order valence-electron chi connectivity index (χ0n) is 15.7. The van der Waals surface area contributed by atoms with Crippen molar-refractivity contribution in [1.82, 2.24) is 0 Å². The molecule has 0 aliphatic carbocycles. The monoisotopic (exact) mass is 421 g/mol. The predicted octanol–water partition coefficient (Wildman–Crippen LogP) is 4.38. The zero-order valence-corrected chi connectivity index (χ0v) is 16.5. The number of halogens is 1. The SMILES string of the molecule is O=C(OCCOc1cccc(Cl)c1)c1ccc(N2C(=O)c3ccccc3C2=O)cc1. The maximum atomic E-state index is 12.5. The van der Waals surface area contributed by atoms with Crippen LogP contribution >= 0.6 is 11.6 Å². The van der Waals surface area contributed by atoms with Gasteiger partial charge in [-0.2, -0.15) is 0 Å². The summed E-state index contributed by atoms with van der Waals surface area (Å²) in [6.07, 6.45) is 0. The van der Waals surface area contributed by atoms with E-state index in [0.717, 1.165) is 4.90 Å². The number of amides is 2. The molecule has 1 heterocycles. The van der Waals surface area contributed by atoms with E-state index in [1.54, 1.807) is 60.7 Å². The van der Waals surface area contributed by atoms with Crippen molar-refractivity contribution in [3.05, 3.63) is 94.5 Å². The minimum atomic E-state index is -0.529. The first-order valence-corrected chi connectivity index (χ1v) is 9.56. The highest BCUT2D eigenvalue weighted by Gasteiger charge is 2.36. The van der Waals surface area contributed by atoms with E-state index in [1.165, 1.54) is 12.1 Å². The Labute approximate surface area is 177 Å². The van der Waals surface area contributed by atoms with Gasteiger partial charge in [0, 0.05) is 5.02 Å². The summed E-state index contributed by atoms with van der Waals surface area (Å²) in [6.45, 7) is 0.241. The van der Waals surface area contributed by atoms with E-state index in [9.17, 15) is 14.4 Å². The molecule has 3 aromatic rings. The molecule has 3 aromatic carbocycles. The Morgan fingerprint density at radius 2 is 1.50 bits per heavy atom. The van der Waals surface area contributed by atoms with Crippen molar-refractivity contribution in [3.8, 4) is 5.75 Å². The summed E-state index contributed by atoms with van der Waals surface area (Å²) in [6, 6.07) is 19.7. The second kappa shape index (κ2) is 8.39. The average molecular weight is 422 g/mol. The van der Waals surface area contributed by atoms with Gasteiger partial charge in [-0.3, -0.25) is 9.59 Å². The molecule has 0 atom stereocenters. The molecule has 6 nitrogen and oxygen atoms in total. The fraction of sp³-hybridized carbons (Fsp3) is 0.0870. The van der Waals surface area contributed by atoms with E-state index < -0.39 is 5.97 Å². The standard InChI is InChI=1S/C23H16ClNO5/c24-16-4-3-5-18(14-16)29-12-13-30-23(28)15-8-10-17(11-9-15)25-21(26)19-6-1-2-7-20(19)22(25)27/h1-11,14H,12-13H2. The molecular formula is C23H16ClNO5. The van der Waals surface area contributed by atoms with Gasteiger partial charge in [0.25, 0.3) is 11.8 Å². The second-order valence-electron chi connectivity index (χ2n) is 6.48. The third-order valence-electron chi connectivity index (χ3n) is 4.54. The molecule has 0 saturated heterocycles. The molecule has 0 radical (unpaired) electrons. The lowest BCUT2D eigenvalue weighted by molar-refractivity contribution is 0.0450. The number of imide groups is 1. The number of ether oxygens (including phenoxy) is 2. The van der Waals surface area contributed by atoms with Gasteiger partial charge in [-0.15, -0.1) is 0 Å². The summed E-state index contributed by atoms with van der Waals surface area (Å²) >= 11 is 5.88. The molecule has 1 aliphatic heterocycles. The van der Waals surface area contributed by atoms with Gasteiger partial charge in [-0.1, -0.05) is 29.8 Å². The number of rotatable bonds is 6. The number of benzene rings is 3. The fourth-order valence-electron chi connectivity index (χ4n) is 3.10. The molecule has 0 N–H and O–H groups in total. The number of fused-ring (bicyclic) bond motifs is 1. The van der Waals surface area contributed by atoms with Crippen LogP contribution in [0.1, 0.15) is 31.1 Å². The van der Waals surface area contributed by atoms with E-state index in [4.69, 9.17) is 21.1 Å². The highest BCUT2D eigenvalue weighted by Crippen LogP contribution is 2.28. The quantitative estimate of drug-likeness (QED) is 0.335. The Morgan fingerprint density at radius 3 is 2.13 bits per heavy atom. The first kappa shape index (κ1) is 19.7. The van der Waals surface area contributed by atoms with Gasteiger partial charge in [0.05, 0.1) is 22.4 Å². The molecule has 0 bridgehead atoms. The number of anilines is 1. The van der Waals surface area contributed by atoms with Crippen molar-refractivity contribution in [2.45, 2.75) is 0 Å². The van der Waals surface area contributed by atoms with Crippen LogP contribution in [0.2, 0.25) is 5.02 Å². The molecule has 0 spiro atoms. The maximum Gasteiger partial charge on any atom is 0.338 e. The molecule has 7 heteroatoms. The van der Waals surface area contributed by atoms with Crippen LogP contribution < -0.4 is 9.64 Å². The zero-order chi connectivity index (χ0) is 21.1. The Morgan fingerprint density at radius 1 is 0.833 bits per heavy atom. The number of nitrogens with zero attached hydrogens (tertiary/aromatic N) is 1. The molecule has 4 rings (SSSR count).